The number of aryl methyl sites for hydroxylation is 1. The summed E-state index contributed by atoms with van der Waals surface area (Å²) in [5.74, 6) is -1.70. The number of imide groups is 1. The molecule has 7 heteroatoms. The number of carbonyl (C=O) groups excluding carboxylic acids is 3. The van der Waals surface area contributed by atoms with Gasteiger partial charge in [0.05, 0.1) is 12.1 Å². The van der Waals surface area contributed by atoms with E-state index in [1.165, 1.54) is 6.07 Å². The van der Waals surface area contributed by atoms with Crippen molar-refractivity contribution >= 4 is 23.5 Å². The van der Waals surface area contributed by atoms with Crippen LogP contribution in [0, 0.1) is 0 Å². The average Bonchev–Trinajstić information content (AvgIpc) is 2.72. The van der Waals surface area contributed by atoms with Crippen molar-refractivity contribution in [2.45, 2.75) is 25.7 Å². The first-order valence-electron chi connectivity index (χ1n) is 6.11. The van der Waals surface area contributed by atoms with E-state index in [0.29, 0.717) is 11.5 Å². The molecule has 0 atom stereocenters. The second-order valence-corrected chi connectivity index (χ2v) is 4.44. The standard InChI is InChI=1S/C13H14N2O5/c14-9-7-8(1-3-10(9)16)2-6-13(19)20-15-11(17)4-5-12(15)18/h1,3,7,16H,2,4-6,14H2. The fourth-order valence-electron chi connectivity index (χ4n) is 1.81. The molecule has 0 spiro atoms. The van der Waals surface area contributed by atoms with E-state index in [2.05, 4.69) is 0 Å². The first kappa shape index (κ1) is 13.9. The molecule has 0 unspecified atom stereocenters. The minimum absolute atomic E-state index is 0.00127. The summed E-state index contributed by atoms with van der Waals surface area (Å²) in [6.45, 7) is 0. The number of carbonyl (C=O) groups is 3. The van der Waals surface area contributed by atoms with Crippen molar-refractivity contribution in [1.82, 2.24) is 5.06 Å². The van der Waals surface area contributed by atoms with Gasteiger partial charge in [0.2, 0.25) is 0 Å². The number of nitrogens with zero attached hydrogens (tertiary/aromatic N) is 1. The Labute approximate surface area is 114 Å². The highest BCUT2D eigenvalue weighted by Gasteiger charge is 2.32. The normalized spacial score (nSPS) is 14.7. The highest BCUT2D eigenvalue weighted by atomic mass is 16.7. The minimum Gasteiger partial charge on any atom is -0.506 e. The molecule has 1 heterocycles. The van der Waals surface area contributed by atoms with Crippen LogP contribution in [0.25, 0.3) is 0 Å². The zero-order valence-corrected chi connectivity index (χ0v) is 10.7. The molecule has 0 radical (unpaired) electrons. The first-order chi connectivity index (χ1) is 9.47. The lowest BCUT2D eigenvalue weighted by molar-refractivity contribution is -0.197. The summed E-state index contributed by atoms with van der Waals surface area (Å²) in [7, 11) is 0. The van der Waals surface area contributed by atoms with Gasteiger partial charge in [-0.05, 0) is 24.1 Å². The average molecular weight is 278 g/mol. The van der Waals surface area contributed by atoms with Crippen molar-refractivity contribution in [3.05, 3.63) is 23.8 Å². The second kappa shape index (κ2) is 5.60. The Morgan fingerprint density at radius 1 is 1.30 bits per heavy atom. The van der Waals surface area contributed by atoms with E-state index < -0.39 is 17.8 Å². The Morgan fingerprint density at radius 2 is 1.95 bits per heavy atom. The second-order valence-electron chi connectivity index (χ2n) is 4.44. The number of nitrogens with two attached hydrogens (primary N) is 1. The molecule has 7 nitrogen and oxygen atoms in total. The van der Waals surface area contributed by atoms with Gasteiger partial charge in [0, 0.05) is 12.8 Å². The predicted molar refractivity (Wildman–Crippen MR) is 68.0 cm³/mol. The Morgan fingerprint density at radius 3 is 2.55 bits per heavy atom. The number of nitrogen functional groups attached to an aromatic ring is 1. The smallest absolute Gasteiger partial charge is 0.333 e. The molecule has 1 aliphatic rings. The van der Waals surface area contributed by atoms with Gasteiger partial charge >= 0.3 is 5.97 Å². The zero-order chi connectivity index (χ0) is 14.7. The van der Waals surface area contributed by atoms with Gasteiger partial charge in [-0.3, -0.25) is 9.59 Å². The van der Waals surface area contributed by atoms with Crippen LogP contribution in [-0.4, -0.2) is 28.0 Å². The van der Waals surface area contributed by atoms with Crippen molar-refractivity contribution in [2.24, 2.45) is 0 Å². The Bertz CT molecular complexity index is 554. The fraction of sp³-hybridized carbons (Fsp3) is 0.308. The van der Waals surface area contributed by atoms with Gasteiger partial charge in [0.1, 0.15) is 5.75 Å². The third-order valence-corrected chi connectivity index (χ3v) is 2.91. The van der Waals surface area contributed by atoms with Crippen LogP contribution in [-0.2, 0) is 25.6 Å². The van der Waals surface area contributed by atoms with Gasteiger partial charge in [-0.1, -0.05) is 6.07 Å². The van der Waals surface area contributed by atoms with Crippen LogP contribution in [0.3, 0.4) is 0 Å². The summed E-state index contributed by atoms with van der Waals surface area (Å²) >= 11 is 0. The van der Waals surface area contributed by atoms with Gasteiger partial charge in [0.15, 0.2) is 0 Å². The molecule has 0 bridgehead atoms. The van der Waals surface area contributed by atoms with Crippen LogP contribution in [0.1, 0.15) is 24.8 Å². The largest absolute Gasteiger partial charge is 0.506 e. The van der Waals surface area contributed by atoms with Gasteiger partial charge < -0.3 is 15.7 Å². The number of hydrogen-bond donors (Lipinski definition) is 2. The van der Waals surface area contributed by atoms with E-state index in [1.807, 2.05) is 0 Å². The topological polar surface area (TPSA) is 110 Å². The van der Waals surface area contributed by atoms with E-state index in [-0.39, 0.29) is 30.7 Å². The molecular formula is C13H14N2O5. The number of benzene rings is 1. The van der Waals surface area contributed by atoms with Gasteiger partial charge in [-0.15, -0.1) is 5.06 Å². The Kier molecular flexibility index (Phi) is 3.88. The van der Waals surface area contributed by atoms with Gasteiger partial charge in [0.25, 0.3) is 11.8 Å². The monoisotopic (exact) mass is 278 g/mol. The maximum atomic E-state index is 11.6. The molecule has 1 aromatic carbocycles. The van der Waals surface area contributed by atoms with Crippen molar-refractivity contribution in [3.63, 3.8) is 0 Å². The number of phenols is 1. The number of amides is 2. The lowest BCUT2D eigenvalue weighted by Gasteiger charge is -2.12. The molecule has 0 aromatic heterocycles. The molecule has 2 rings (SSSR count). The molecule has 1 aliphatic heterocycles. The van der Waals surface area contributed by atoms with Crippen LogP contribution in [0.15, 0.2) is 18.2 Å². The maximum Gasteiger partial charge on any atom is 0.333 e. The van der Waals surface area contributed by atoms with Gasteiger partial charge in [-0.25, -0.2) is 4.79 Å². The number of hydroxylamine groups is 2. The lowest BCUT2D eigenvalue weighted by atomic mass is 10.1. The summed E-state index contributed by atoms with van der Waals surface area (Å²) in [6.07, 6.45) is 0.474. The van der Waals surface area contributed by atoms with Crippen molar-refractivity contribution in [2.75, 3.05) is 5.73 Å². The van der Waals surface area contributed by atoms with E-state index in [4.69, 9.17) is 10.6 Å². The van der Waals surface area contributed by atoms with Crippen LogP contribution < -0.4 is 5.73 Å². The zero-order valence-electron chi connectivity index (χ0n) is 10.7. The molecule has 20 heavy (non-hydrogen) atoms. The van der Waals surface area contributed by atoms with Crippen LogP contribution in [0.5, 0.6) is 5.75 Å². The molecule has 3 N–H and O–H groups in total. The minimum atomic E-state index is -0.666. The van der Waals surface area contributed by atoms with Gasteiger partial charge in [-0.2, -0.15) is 0 Å². The Hall–Kier alpha value is -2.57. The van der Waals surface area contributed by atoms with Crippen LogP contribution in [0.4, 0.5) is 5.69 Å². The lowest BCUT2D eigenvalue weighted by Crippen LogP contribution is -2.32. The number of rotatable bonds is 4. The van der Waals surface area contributed by atoms with Crippen LogP contribution >= 0.6 is 0 Å². The fourth-order valence-corrected chi connectivity index (χ4v) is 1.81. The molecule has 0 saturated carbocycles. The summed E-state index contributed by atoms with van der Waals surface area (Å²) < 4.78 is 0. The predicted octanol–water partition coefficient (Wildman–Crippen LogP) is 0.514. The number of phenolic OH excluding ortho intramolecular Hbond substituents is 1. The molecule has 2 amide bonds. The summed E-state index contributed by atoms with van der Waals surface area (Å²) in [6, 6.07) is 4.61. The van der Waals surface area contributed by atoms with E-state index >= 15 is 0 Å². The van der Waals surface area contributed by atoms with Crippen LogP contribution in [0.2, 0.25) is 0 Å². The molecule has 1 saturated heterocycles. The van der Waals surface area contributed by atoms with Crippen molar-refractivity contribution in [3.8, 4) is 5.75 Å². The molecule has 1 aromatic rings. The maximum absolute atomic E-state index is 11.6. The quantitative estimate of drug-likeness (QED) is 0.472. The third kappa shape index (κ3) is 3.05. The molecule has 106 valence electrons. The number of aromatic hydroxyl groups is 1. The molecule has 0 aliphatic carbocycles. The number of anilines is 1. The summed E-state index contributed by atoms with van der Waals surface area (Å²) in [5, 5.41) is 9.79. The molecular weight excluding hydrogens is 264 g/mol. The van der Waals surface area contributed by atoms with Crippen molar-refractivity contribution < 1.29 is 24.3 Å². The highest BCUT2D eigenvalue weighted by Crippen LogP contribution is 2.21. The first-order valence-corrected chi connectivity index (χ1v) is 6.11. The van der Waals surface area contributed by atoms with E-state index in [1.54, 1.807) is 12.1 Å². The third-order valence-electron chi connectivity index (χ3n) is 2.91. The summed E-state index contributed by atoms with van der Waals surface area (Å²) in [5.41, 5.74) is 6.50. The number of hydrogen-bond acceptors (Lipinski definition) is 6. The van der Waals surface area contributed by atoms with Crippen molar-refractivity contribution in [1.29, 1.82) is 0 Å². The molecule has 1 fully saturated rings. The van der Waals surface area contributed by atoms with E-state index in [0.717, 1.165) is 5.56 Å². The SMILES string of the molecule is Nc1cc(CCC(=O)ON2C(=O)CCC2=O)ccc1O. The van der Waals surface area contributed by atoms with E-state index in [9.17, 15) is 19.5 Å². The Balaban J connectivity index is 1.87. The summed E-state index contributed by atoms with van der Waals surface area (Å²) in [4.78, 5) is 38.8. The highest BCUT2D eigenvalue weighted by molar-refractivity contribution is 6.01.